The van der Waals surface area contributed by atoms with Crippen LogP contribution in [0, 0.1) is 6.92 Å². The molecule has 42 heavy (non-hydrogen) atoms. The third-order valence-electron chi connectivity index (χ3n) is 7.36. The molecule has 0 bridgehead atoms. The SMILES string of the molecule is CC.CN.COC(C)(C)C(C)(C)O.Cc1cccc(/C(=C/C(C)c2ccc(-c3ccccc3)cc2)c2ccccc2)c1. The quantitative estimate of drug-likeness (QED) is 0.234. The van der Waals surface area contributed by atoms with Crippen LogP contribution in [0.25, 0.3) is 16.7 Å². The topological polar surface area (TPSA) is 55.5 Å². The van der Waals surface area contributed by atoms with Gasteiger partial charge in [0, 0.05) is 7.11 Å². The van der Waals surface area contributed by atoms with Crippen LogP contribution in [-0.2, 0) is 4.74 Å². The Hall–Kier alpha value is -3.50. The monoisotopic (exact) mass is 567 g/mol. The van der Waals surface area contributed by atoms with Gasteiger partial charge >= 0.3 is 0 Å². The van der Waals surface area contributed by atoms with Crippen LogP contribution in [0.3, 0.4) is 0 Å². The van der Waals surface area contributed by atoms with E-state index in [2.05, 4.69) is 135 Å². The van der Waals surface area contributed by atoms with Gasteiger partial charge in [-0.15, -0.1) is 0 Å². The molecule has 0 saturated carbocycles. The van der Waals surface area contributed by atoms with E-state index in [0.717, 1.165) is 0 Å². The van der Waals surface area contributed by atoms with Crippen molar-refractivity contribution < 1.29 is 9.84 Å². The number of hydrogen-bond donors (Lipinski definition) is 2. The van der Waals surface area contributed by atoms with Gasteiger partial charge in [-0.05, 0) is 81.0 Å². The molecule has 3 heteroatoms. The average Bonchev–Trinajstić information content (AvgIpc) is 3.02. The number of benzene rings is 4. The van der Waals surface area contributed by atoms with Crippen molar-refractivity contribution >= 4 is 5.57 Å². The minimum Gasteiger partial charge on any atom is -0.387 e. The maximum absolute atomic E-state index is 9.42. The van der Waals surface area contributed by atoms with E-state index in [1.54, 1.807) is 21.0 Å². The number of aryl methyl sites for hydroxylation is 1. The van der Waals surface area contributed by atoms with Gasteiger partial charge in [0.05, 0.1) is 11.2 Å². The first-order valence-electron chi connectivity index (χ1n) is 14.9. The molecule has 4 rings (SSSR count). The van der Waals surface area contributed by atoms with Crippen LogP contribution >= 0.6 is 0 Å². The van der Waals surface area contributed by atoms with Gasteiger partial charge in [0.2, 0.25) is 0 Å². The highest BCUT2D eigenvalue weighted by molar-refractivity contribution is 5.80. The van der Waals surface area contributed by atoms with Gasteiger partial charge in [0.1, 0.15) is 0 Å². The maximum atomic E-state index is 9.42. The van der Waals surface area contributed by atoms with Gasteiger partial charge in [0.25, 0.3) is 0 Å². The van der Waals surface area contributed by atoms with E-state index < -0.39 is 11.2 Å². The largest absolute Gasteiger partial charge is 0.387 e. The molecule has 3 nitrogen and oxygen atoms in total. The molecule has 0 aliphatic rings. The smallest absolute Gasteiger partial charge is 0.0902 e. The van der Waals surface area contributed by atoms with Crippen LogP contribution in [0.15, 0.2) is 115 Å². The van der Waals surface area contributed by atoms with Crippen LogP contribution in [-0.4, -0.2) is 30.5 Å². The number of nitrogens with two attached hydrogens (primary N) is 1. The maximum Gasteiger partial charge on any atom is 0.0902 e. The summed E-state index contributed by atoms with van der Waals surface area (Å²) in [6, 6.07) is 38.9. The molecule has 0 radical (unpaired) electrons. The third-order valence-corrected chi connectivity index (χ3v) is 7.36. The first-order chi connectivity index (χ1) is 20.0. The van der Waals surface area contributed by atoms with Crippen molar-refractivity contribution in [2.45, 2.75) is 72.5 Å². The first kappa shape index (κ1) is 36.5. The van der Waals surface area contributed by atoms with Crippen molar-refractivity contribution in [1.82, 2.24) is 0 Å². The number of rotatable bonds is 7. The minimum absolute atomic E-state index is 0.315. The lowest BCUT2D eigenvalue weighted by Crippen LogP contribution is -2.46. The highest BCUT2D eigenvalue weighted by atomic mass is 16.5. The highest BCUT2D eigenvalue weighted by Crippen LogP contribution is 2.30. The second-order valence-electron chi connectivity index (χ2n) is 10.9. The molecule has 4 aromatic rings. The van der Waals surface area contributed by atoms with Gasteiger partial charge in [-0.3, -0.25) is 0 Å². The fraction of sp³-hybridized carbons (Fsp3) is 0.333. The summed E-state index contributed by atoms with van der Waals surface area (Å²) in [4.78, 5) is 0. The minimum atomic E-state index is -0.776. The number of ether oxygens (including phenoxy) is 1. The van der Waals surface area contributed by atoms with Crippen molar-refractivity contribution in [1.29, 1.82) is 0 Å². The average molecular weight is 568 g/mol. The van der Waals surface area contributed by atoms with Crippen molar-refractivity contribution in [2.24, 2.45) is 5.73 Å². The molecule has 226 valence electrons. The molecular weight excluding hydrogens is 514 g/mol. The predicted octanol–water partition coefficient (Wildman–Crippen LogP) is 9.68. The third kappa shape index (κ3) is 11.1. The van der Waals surface area contributed by atoms with Crippen molar-refractivity contribution in [3.8, 4) is 11.1 Å². The van der Waals surface area contributed by atoms with Crippen molar-refractivity contribution in [2.75, 3.05) is 14.2 Å². The number of hydrogen-bond acceptors (Lipinski definition) is 3. The molecular formula is C39H53NO2. The molecule has 1 unspecified atom stereocenters. The Morgan fingerprint density at radius 2 is 1.19 bits per heavy atom. The van der Waals surface area contributed by atoms with E-state index in [-0.39, 0.29) is 0 Å². The summed E-state index contributed by atoms with van der Waals surface area (Å²) >= 11 is 0. The van der Waals surface area contributed by atoms with Gasteiger partial charge in [-0.25, -0.2) is 0 Å². The molecule has 3 N–H and O–H groups in total. The molecule has 0 aliphatic carbocycles. The summed E-state index contributed by atoms with van der Waals surface area (Å²) in [6.45, 7) is 15.6. The van der Waals surface area contributed by atoms with E-state index in [0.29, 0.717) is 5.92 Å². The van der Waals surface area contributed by atoms with E-state index in [4.69, 9.17) is 4.74 Å². The summed E-state index contributed by atoms with van der Waals surface area (Å²) in [7, 11) is 3.10. The van der Waals surface area contributed by atoms with E-state index >= 15 is 0 Å². The summed E-state index contributed by atoms with van der Waals surface area (Å²) in [6.07, 6.45) is 2.39. The molecule has 0 fully saturated rings. The summed E-state index contributed by atoms with van der Waals surface area (Å²) in [5, 5.41) is 9.42. The second kappa shape index (κ2) is 18.1. The van der Waals surface area contributed by atoms with E-state index in [1.807, 2.05) is 27.7 Å². The Morgan fingerprint density at radius 1 is 0.714 bits per heavy atom. The van der Waals surface area contributed by atoms with Crippen LogP contribution in [0.2, 0.25) is 0 Å². The zero-order valence-corrected chi connectivity index (χ0v) is 27.5. The van der Waals surface area contributed by atoms with E-state index in [1.165, 1.54) is 46.0 Å². The summed E-state index contributed by atoms with van der Waals surface area (Å²) < 4.78 is 5.05. The Kier molecular flexibility index (Phi) is 15.8. The molecule has 1 atom stereocenters. The lowest BCUT2D eigenvalue weighted by molar-refractivity contribution is -0.129. The molecule has 4 aromatic carbocycles. The molecule has 0 aliphatic heterocycles. The lowest BCUT2D eigenvalue weighted by atomic mass is 9.90. The van der Waals surface area contributed by atoms with Gasteiger partial charge in [-0.2, -0.15) is 0 Å². The van der Waals surface area contributed by atoms with Crippen LogP contribution in [0.1, 0.15) is 76.6 Å². The predicted molar refractivity (Wildman–Crippen MR) is 184 cm³/mol. The zero-order chi connectivity index (χ0) is 31.8. The van der Waals surface area contributed by atoms with Crippen LogP contribution < -0.4 is 5.73 Å². The second-order valence-corrected chi connectivity index (χ2v) is 10.9. The van der Waals surface area contributed by atoms with Gasteiger partial charge in [-0.1, -0.05) is 142 Å². The number of allylic oxidation sites excluding steroid dienone is 1. The molecule has 0 spiro atoms. The standard InChI is InChI=1S/C29H26.C7H16O2.C2H6.CH5N/c1-22-10-9-15-28(20-22)29(27-13-7-4-8-14-27)21-23(2)24-16-18-26(19-17-24)25-11-5-3-6-12-25;1-6(2,8)7(3,4)9-5;2*1-2/h3-21,23H,1-2H3;8H,1-5H3;1-2H3;2H2,1H3/b29-21+;;;. The zero-order valence-electron chi connectivity index (χ0n) is 27.5. The molecule has 0 aromatic heterocycles. The van der Waals surface area contributed by atoms with Crippen molar-refractivity contribution in [3.05, 3.63) is 138 Å². The Labute approximate surface area is 256 Å². The molecule has 0 saturated heterocycles. The van der Waals surface area contributed by atoms with Crippen molar-refractivity contribution in [3.63, 3.8) is 0 Å². The molecule has 0 amide bonds. The molecule has 0 heterocycles. The normalized spacial score (nSPS) is 12.0. The fourth-order valence-corrected chi connectivity index (χ4v) is 4.00. The van der Waals surface area contributed by atoms with E-state index in [9.17, 15) is 5.11 Å². The lowest BCUT2D eigenvalue weighted by Gasteiger charge is -2.35. The van der Waals surface area contributed by atoms with Crippen LogP contribution in [0.4, 0.5) is 0 Å². The Balaban J connectivity index is 0.000000578. The summed E-state index contributed by atoms with van der Waals surface area (Å²) in [5.74, 6) is 0.315. The fourth-order valence-electron chi connectivity index (χ4n) is 4.00. The summed E-state index contributed by atoms with van der Waals surface area (Å²) in [5.41, 5.74) is 12.2. The Morgan fingerprint density at radius 3 is 1.64 bits per heavy atom. The van der Waals surface area contributed by atoms with Gasteiger partial charge in [0.15, 0.2) is 0 Å². The number of methoxy groups -OCH3 is 1. The highest BCUT2D eigenvalue weighted by Gasteiger charge is 2.34. The Bertz CT molecular complexity index is 1300. The van der Waals surface area contributed by atoms with Crippen LogP contribution in [0.5, 0.6) is 0 Å². The van der Waals surface area contributed by atoms with Gasteiger partial charge < -0.3 is 15.6 Å². The first-order valence-corrected chi connectivity index (χ1v) is 14.9. The number of aliphatic hydroxyl groups is 1.